The maximum absolute atomic E-state index is 13.8. The molecule has 0 atom stereocenters. The lowest BCUT2D eigenvalue weighted by Gasteiger charge is -2.20. The molecule has 130 valence electrons. The van der Waals surface area contributed by atoms with Crippen LogP contribution in [0.1, 0.15) is 17.9 Å². The van der Waals surface area contributed by atoms with Crippen LogP contribution in [0.25, 0.3) is 0 Å². The molecule has 0 aliphatic carbocycles. The first kappa shape index (κ1) is 17.8. The Morgan fingerprint density at radius 1 is 1.29 bits per heavy atom. The van der Waals surface area contributed by atoms with E-state index in [4.69, 9.17) is 9.63 Å². The van der Waals surface area contributed by atoms with Gasteiger partial charge in [0.1, 0.15) is 0 Å². The number of aliphatic carboxylic acids is 1. The van der Waals surface area contributed by atoms with Gasteiger partial charge >= 0.3 is 5.97 Å². The van der Waals surface area contributed by atoms with E-state index in [0.717, 1.165) is 6.07 Å². The predicted molar refractivity (Wildman–Crippen MR) is 81.3 cm³/mol. The van der Waals surface area contributed by atoms with Gasteiger partial charge in [0, 0.05) is 32.7 Å². The predicted octanol–water partition coefficient (Wildman–Crippen LogP) is 1.89. The van der Waals surface area contributed by atoms with Crippen LogP contribution in [0.2, 0.25) is 0 Å². The van der Waals surface area contributed by atoms with Crippen LogP contribution < -0.4 is 4.90 Å². The number of benzene rings is 1. The molecule has 0 aliphatic rings. The monoisotopic (exact) mass is 340 g/mol. The maximum atomic E-state index is 13.8. The van der Waals surface area contributed by atoms with Crippen molar-refractivity contribution in [1.82, 2.24) is 15.0 Å². The summed E-state index contributed by atoms with van der Waals surface area (Å²) < 4.78 is 32.3. The van der Waals surface area contributed by atoms with Crippen LogP contribution in [0.5, 0.6) is 0 Å². The van der Waals surface area contributed by atoms with Crippen molar-refractivity contribution in [2.24, 2.45) is 0 Å². The highest BCUT2D eigenvalue weighted by molar-refractivity contribution is 5.66. The van der Waals surface area contributed by atoms with Crippen LogP contribution >= 0.6 is 0 Å². The number of carboxylic acid groups (broad SMARTS) is 1. The van der Waals surface area contributed by atoms with Gasteiger partial charge in [0.25, 0.3) is 5.95 Å². The van der Waals surface area contributed by atoms with E-state index in [1.807, 2.05) is 0 Å². The Morgan fingerprint density at radius 2 is 2.04 bits per heavy atom. The molecule has 0 radical (unpaired) electrons. The standard InChI is InChI=1S/C15H18F2N4O3/c1-20(2)15-18-12(24-19-15)9-21(7-6-13(22)23)8-10-4-3-5-11(16)14(10)17/h3-5H,6-9H2,1-2H3,(H,22,23). The SMILES string of the molecule is CN(C)c1noc(CN(CCC(=O)O)Cc2cccc(F)c2F)n1. The fourth-order valence-electron chi connectivity index (χ4n) is 2.06. The van der Waals surface area contributed by atoms with Gasteiger partial charge in [-0.15, -0.1) is 0 Å². The third kappa shape index (κ3) is 4.72. The summed E-state index contributed by atoms with van der Waals surface area (Å²) in [6.45, 7) is 0.283. The third-order valence-corrected chi connectivity index (χ3v) is 3.28. The van der Waals surface area contributed by atoms with Crippen molar-refractivity contribution < 1.29 is 23.2 Å². The van der Waals surface area contributed by atoms with E-state index < -0.39 is 17.6 Å². The molecule has 1 N–H and O–H groups in total. The van der Waals surface area contributed by atoms with Crippen molar-refractivity contribution >= 4 is 11.9 Å². The average molecular weight is 340 g/mol. The lowest BCUT2D eigenvalue weighted by atomic mass is 10.2. The normalized spacial score (nSPS) is 11.0. The molecule has 0 bridgehead atoms. The van der Waals surface area contributed by atoms with E-state index in [-0.39, 0.29) is 37.5 Å². The first-order valence-electron chi connectivity index (χ1n) is 7.23. The summed E-state index contributed by atoms with van der Waals surface area (Å²) in [4.78, 5) is 18.2. The van der Waals surface area contributed by atoms with Gasteiger partial charge in [-0.2, -0.15) is 4.98 Å². The molecule has 0 fully saturated rings. The number of halogens is 2. The summed E-state index contributed by atoms with van der Waals surface area (Å²) in [5.41, 5.74) is 0.132. The van der Waals surface area contributed by atoms with Gasteiger partial charge in [0.05, 0.1) is 13.0 Å². The molecule has 0 unspecified atom stereocenters. The summed E-state index contributed by atoms with van der Waals surface area (Å²) in [6.07, 6.45) is -0.147. The quantitative estimate of drug-likeness (QED) is 0.786. The molecule has 7 nitrogen and oxygen atoms in total. The Morgan fingerprint density at radius 3 is 2.67 bits per heavy atom. The van der Waals surface area contributed by atoms with Crippen molar-refractivity contribution in [1.29, 1.82) is 0 Å². The number of aromatic nitrogens is 2. The molecule has 0 amide bonds. The molecular formula is C15H18F2N4O3. The minimum absolute atomic E-state index is 0.0244. The van der Waals surface area contributed by atoms with Gasteiger partial charge < -0.3 is 14.5 Å². The fourth-order valence-corrected chi connectivity index (χ4v) is 2.06. The van der Waals surface area contributed by atoms with Gasteiger partial charge in [-0.25, -0.2) is 8.78 Å². The summed E-state index contributed by atoms with van der Waals surface area (Å²) in [6, 6.07) is 3.88. The minimum Gasteiger partial charge on any atom is -0.481 e. The highest BCUT2D eigenvalue weighted by Crippen LogP contribution is 2.16. The second-order valence-electron chi connectivity index (χ2n) is 5.45. The maximum Gasteiger partial charge on any atom is 0.304 e. The van der Waals surface area contributed by atoms with E-state index in [9.17, 15) is 13.6 Å². The Labute approximate surface area is 137 Å². The van der Waals surface area contributed by atoms with Gasteiger partial charge in [-0.1, -0.05) is 12.1 Å². The van der Waals surface area contributed by atoms with Crippen molar-refractivity contribution in [3.8, 4) is 0 Å². The number of hydrogen-bond acceptors (Lipinski definition) is 6. The number of rotatable bonds is 8. The third-order valence-electron chi connectivity index (χ3n) is 3.28. The second kappa shape index (κ2) is 7.82. The van der Waals surface area contributed by atoms with E-state index >= 15 is 0 Å². The molecule has 2 aromatic rings. The molecule has 9 heteroatoms. The largest absolute Gasteiger partial charge is 0.481 e. The highest BCUT2D eigenvalue weighted by Gasteiger charge is 2.17. The van der Waals surface area contributed by atoms with E-state index in [0.29, 0.717) is 5.95 Å². The molecule has 0 saturated carbocycles. The summed E-state index contributed by atoms with van der Waals surface area (Å²) >= 11 is 0. The summed E-state index contributed by atoms with van der Waals surface area (Å²) in [7, 11) is 3.50. The summed E-state index contributed by atoms with van der Waals surface area (Å²) in [5, 5.41) is 12.6. The van der Waals surface area contributed by atoms with Crippen molar-refractivity contribution in [2.45, 2.75) is 19.5 Å². The number of hydrogen-bond donors (Lipinski definition) is 1. The minimum atomic E-state index is -0.987. The highest BCUT2D eigenvalue weighted by atomic mass is 19.2. The average Bonchev–Trinajstić information content (AvgIpc) is 2.98. The number of carbonyl (C=O) groups is 1. The van der Waals surface area contributed by atoms with Crippen LogP contribution in [-0.2, 0) is 17.9 Å². The molecule has 1 heterocycles. The van der Waals surface area contributed by atoms with Gasteiger partial charge in [0.15, 0.2) is 11.6 Å². The Bertz CT molecular complexity index is 706. The molecule has 0 saturated heterocycles. The molecule has 1 aromatic heterocycles. The molecule has 2 rings (SSSR count). The second-order valence-corrected chi connectivity index (χ2v) is 5.45. The van der Waals surface area contributed by atoms with Crippen LogP contribution in [0, 0.1) is 11.6 Å². The molecule has 0 aliphatic heterocycles. The smallest absolute Gasteiger partial charge is 0.304 e. The Balaban J connectivity index is 2.14. The molecule has 0 spiro atoms. The number of carboxylic acids is 1. The van der Waals surface area contributed by atoms with E-state index in [1.165, 1.54) is 12.1 Å². The summed E-state index contributed by atoms with van der Waals surface area (Å²) in [5.74, 6) is -2.24. The van der Waals surface area contributed by atoms with Crippen molar-refractivity contribution in [2.75, 3.05) is 25.5 Å². The van der Waals surface area contributed by atoms with Crippen LogP contribution in [0.4, 0.5) is 14.7 Å². The van der Waals surface area contributed by atoms with Gasteiger partial charge in [-0.3, -0.25) is 9.69 Å². The topological polar surface area (TPSA) is 82.7 Å². The Kier molecular flexibility index (Phi) is 5.80. The first-order valence-corrected chi connectivity index (χ1v) is 7.23. The zero-order chi connectivity index (χ0) is 17.7. The van der Waals surface area contributed by atoms with Crippen LogP contribution in [0.3, 0.4) is 0 Å². The molecule has 24 heavy (non-hydrogen) atoms. The zero-order valence-corrected chi connectivity index (χ0v) is 13.4. The van der Waals surface area contributed by atoms with E-state index in [1.54, 1.807) is 23.9 Å². The van der Waals surface area contributed by atoms with Gasteiger partial charge in [0.2, 0.25) is 5.89 Å². The Hall–Kier alpha value is -2.55. The van der Waals surface area contributed by atoms with E-state index in [2.05, 4.69) is 10.1 Å². The molecule has 1 aromatic carbocycles. The number of nitrogens with zero attached hydrogens (tertiary/aromatic N) is 4. The zero-order valence-electron chi connectivity index (χ0n) is 13.4. The van der Waals surface area contributed by atoms with Crippen molar-refractivity contribution in [3.05, 3.63) is 41.3 Å². The van der Waals surface area contributed by atoms with Gasteiger partial charge in [-0.05, 0) is 11.2 Å². The lowest BCUT2D eigenvalue weighted by molar-refractivity contribution is -0.137. The van der Waals surface area contributed by atoms with Crippen molar-refractivity contribution in [3.63, 3.8) is 0 Å². The number of anilines is 1. The van der Waals surface area contributed by atoms with Crippen LogP contribution in [0.15, 0.2) is 22.7 Å². The fraction of sp³-hybridized carbons (Fsp3) is 0.400. The lowest BCUT2D eigenvalue weighted by Crippen LogP contribution is -2.26. The van der Waals surface area contributed by atoms with Crippen LogP contribution in [-0.4, -0.2) is 46.8 Å². The first-order chi connectivity index (χ1) is 11.4. The molecular weight excluding hydrogens is 322 g/mol.